The topological polar surface area (TPSA) is 57.6 Å². The van der Waals surface area contributed by atoms with Crippen LogP contribution in [0.2, 0.25) is 0 Å². The van der Waals surface area contributed by atoms with Crippen LogP contribution in [0.3, 0.4) is 0 Å². The van der Waals surface area contributed by atoms with Gasteiger partial charge in [0.05, 0.1) is 6.10 Å². The van der Waals surface area contributed by atoms with E-state index in [1.807, 2.05) is 24.3 Å². The third-order valence-corrected chi connectivity index (χ3v) is 4.51. The second kappa shape index (κ2) is 7.54. The van der Waals surface area contributed by atoms with Gasteiger partial charge >= 0.3 is 0 Å². The molecule has 0 saturated carbocycles. The minimum absolute atomic E-state index is 0.0154. The molecule has 4 nitrogen and oxygen atoms in total. The quantitative estimate of drug-likeness (QED) is 0.821. The fourth-order valence-corrected chi connectivity index (χ4v) is 2.86. The lowest BCUT2D eigenvalue weighted by Crippen LogP contribution is -2.30. The molecular weight excluding hydrogens is 278 g/mol. The lowest BCUT2D eigenvalue weighted by atomic mass is 10.0. The Balaban J connectivity index is 1.82. The molecule has 1 heterocycles. The maximum atomic E-state index is 12.1. The van der Waals surface area contributed by atoms with Crippen LogP contribution in [0, 0.1) is 5.92 Å². The Bertz CT molecular complexity index is 522. The van der Waals surface area contributed by atoms with E-state index in [-0.39, 0.29) is 36.6 Å². The van der Waals surface area contributed by atoms with Gasteiger partial charge in [0, 0.05) is 37.4 Å². The van der Waals surface area contributed by atoms with E-state index in [9.17, 15) is 14.7 Å². The van der Waals surface area contributed by atoms with Crippen LogP contribution in [0.5, 0.6) is 0 Å². The summed E-state index contributed by atoms with van der Waals surface area (Å²) in [7, 11) is 0. The van der Waals surface area contributed by atoms with Gasteiger partial charge in [-0.25, -0.2) is 0 Å². The zero-order chi connectivity index (χ0) is 16.1. The van der Waals surface area contributed by atoms with Crippen molar-refractivity contribution in [2.45, 2.75) is 45.6 Å². The molecule has 1 amide bonds. The zero-order valence-corrected chi connectivity index (χ0v) is 13.4. The molecule has 1 aliphatic heterocycles. The minimum Gasteiger partial charge on any atom is -0.393 e. The van der Waals surface area contributed by atoms with E-state index in [1.54, 1.807) is 11.8 Å². The molecule has 0 aliphatic carbocycles. The largest absolute Gasteiger partial charge is 0.393 e. The number of aliphatic hydroxyl groups is 1. The molecule has 2 unspecified atom stereocenters. The van der Waals surface area contributed by atoms with E-state index in [0.29, 0.717) is 18.7 Å². The number of amides is 1. The number of aryl methyl sites for hydroxylation is 1. The van der Waals surface area contributed by atoms with Gasteiger partial charge in [-0.15, -0.1) is 0 Å². The van der Waals surface area contributed by atoms with Crippen molar-refractivity contribution in [2.75, 3.05) is 13.1 Å². The summed E-state index contributed by atoms with van der Waals surface area (Å²) in [5.74, 6) is 0.199. The third-order valence-electron chi connectivity index (χ3n) is 4.51. The molecule has 0 radical (unpaired) electrons. The number of benzene rings is 1. The van der Waals surface area contributed by atoms with Crippen LogP contribution in [0.1, 0.15) is 49.0 Å². The summed E-state index contributed by atoms with van der Waals surface area (Å²) in [6, 6.07) is 7.60. The Labute approximate surface area is 132 Å². The summed E-state index contributed by atoms with van der Waals surface area (Å²) >= 11 is 0. The molecule has 0 spiro atoms. The van der Waals surface area contributed by atoms with Crippen molar-refractivity contribution in [1.29, 1.82) is 0 Å². The van der Waals surface area contributed by atoms with Crippen LogP contribution in [0.25, 0.3) is 0 Å². The maximum absolute atomic E-state index is 12.1. The number of rotatable bonds is 6. The highest BCUT2D eigenvalue weighted by atomic mass is 16.3. The molecule has 1 aliphatic rings. The number of hydrogen-bond acceptors (Lipinski definition) is 3. The Morgan fingerprint density at radius 2 is 1.95 bits per heavy atom. The first-order valence-electron chi connectivity index (χ1n) is 8.09. The molecule has 1 saturated heterocycles. The Morgan fingerprint density at radius 3 is 2.50 bits per heavy atom. The standard InChI is InChI=1S/C18H25NO3/c1-3-14-4-6-15(7-5-14)17(21)8-9-18(22)19-11-10-16(12-19)13(2)20/h4-7,13,16,20H,3,8-12H2,1-2H3. The highest BCUT2D eigenvalue weighted by Crippen LogP contribution is 2.20. The number of carbonyl (C=O) groups excluding carboxylic acids is 2. The van der Waals surface area contributed by atoms with Gasteiger partial charge in [-0.2, -0.15) is 0 Å². The van der Waals surface area contributed by atoms with Crippen molar-refractivity contribution >= 4 is 11.7 Å². The molecule has 1 fully saturated rings. The van der Waals surface area contributed by atoms with Crippen LogP contribution < -0.4 is 0 Å². The predicted octanol–water partition coefficient (Wildman–Crippen LogP) is 2.44. The smallest absolute Gasteiger partial charge is 0.223 e. The van der Waals surface area contributed by atoms with Crippen LogP contribution in [-0.4, -0.2) is 40.9 Å². The summed E-state index contributed by atoms with van der Waals surface area (Å²) in [6.07, 6.45) is 1.92. The molecule has 1 aromatic rings. The van der Waals surface area contributed by atoms with Crippen molar-refractivity contribution < 1.29 is 14.7 Å². The van der Waals surface area contributed by atoms with Crippen LogP contribution in [0.15, 0.2) is 24.3 Å². The lowest BCUT2D eigenvalue weighted by molar-refractivity contribution is -0.130. The van der Waals surface area contributed by atoms with Gasteiger partial charge in [-0.1, -0.05) is 31.2 Å². The number of ketones is 1. The van der Waals surface area contributed by atoms with Crippen molar-refractivity contribution in [3.05, 3.63) is 35.4 Å². The average molecular weight is 303 g/mol. The van der Waals surface area contributed by atoms with Crippen molar-refractivity contribution in [3.8, 4) is 0 Å². The average Bonchev–Trinajstić information content (AvgIpc) is 3.02. The maximum Gasteiger partial charge on any atom is 0.223 e. The molecular formula is C18H25NO3. The lowest BCUT2D eigenvalue weighted by Gasteiger charge is -2.17. The van der Waals surface area contributed by atoms with Gasteiger partial charge in [0.2, 0.25) is 5.91 Å². The fourth-order valence-electron chi connectivity index (χ4n) is 2.86. The van der Waals surface area contributed by atoms with Crippen molar-refractivity contribution in [2.24, 2.45) is 5.92 Å². The molecule has 0 aromatic heterocycles. The third kappa shape index (κ3) is 4.17. The van der Waals surface area contributed by atoms with E-state index in [1.165, 1.54) is 5.56 Å². The van der Waals surface area contributed by atoms with Gasteiger partial charge in [-0.05, 0) is 25.3 Å². The summed E-state index contributed by atoms with van der Waals surface area (Å²) < 4.78 is 0. The number of Topliss-reactive ketones (excluding diaryl/α,β-unsaturated/α-hetero) is 1. The Kier molecular flexibility index (Phi) is 5.72. The van der Waals surface area contributed by atoms with E-state index in [2.05, 4.69) is 6.92 Å². The molecule has 0 bridgehead atoms. The van der Waals surface area contributed by atoms with Gasteiger partial charge < -0.3 is 10.0 Å². The number of likely N-dealkylation sites (tertiary alicyclic amines) is 1. The van der Waals surface area contributed by atoms with E-state index in [4.69, 9.17) is 0 Å². The highest BCUT2D eigenvalue weighted by molar-refractivity contribution is 5.98. The normalized spacial score (nSPS) is 19.2. The number of carbonyl (C=O) groups is 2. The number of nitrogens with zero attached hydrogens (tertiary/aromatic N) is 1. The molecule has 120 valence electrons. The second-order valence-electron chi connectivity index (χ2n) is 6.10. The molecule has 2 atom stereocenters. The highest BCUT2D eigenvalue weighted by Gasteiger charge is 2.28. The first kappa shape index (κ1) is 16.7. The molecule has 1 N–H and O–H groups in total. The monoisotopic (exact) mass is 303 g/mol. The minimum atomic E-state index is -0.378. The molecule has 2 rings (SSSR count). The van der Waals surface area contributed by atoms with Crippen LogP contribution in [0.4, 0.5) is 0 Å². The molecule has 22 heavy (non-hydrogen) atoms. The summed E-state index contributed by atoms with van der Waals surface area (Å²) in [4.78, 5) is 26.0. The van der Waals surface area contributed by atoms with E-state index >= 15 is 0 Å². The fraction of sp³-hybridized carbons (Fsp3) is 0.556. The van der Waals surface area contributed by atoms with Gasteiger partial charge in [0.25, 0.3) is 0 Å². The second-order valence-corrected chi connectivity index (χ2v) is 6.10. The molecule has 4 heteroatoms. The van der Waals surface area contributed by atoms with Crippen LogP contribution in [-0.2, 0) is 11.2 Å². The predicted molar refractivity (Wildman–Crippen MR) is 85.8 cm³/mol. The van der Waals surface area contributed by atoms with Crippen LogP contribution >= 0.6 is 0 Å². The van der Waals surface area contributed by atoms with Gasteiger partial charge in [0.1, 0.15) is 0 Å². The van der Waals surface area contributed by atoms with Gasteiger partial charge in [-0.3, -0.25) is 9.59 Å². The van der Waals surface area contributed by atoms with E-state index in [0.717, 1.165) is 12.8 Å². The summed E-state index contributed by atoms with van der Waals surface area (Å²) in [5, 5.41) is 9.57. The number of aliphatic hydroxyl groups excluding tert-OH is 1. The SMILES string of the molecule is CCc1ccc(C(=O)CCC(=O)N2CCC(C(C)O)C2)cc1. The van der Waals surface area contributed by atoms with E-state index < -0.39 is 0 Å². The Hall–Kier alpha value is -1.68. The molecule has 1 aromatic carbocycles. The van der Waals surface area contributed by atoms with Crippen molar-refractivity contribution in [3.63, 3.8) is 0 Å². The zero-order valence-electron chi connectivity index (χ0n) is 13.4. The number of hydrogen-bond donors (Lipinski definition) is 1. The first-order chi connectivity index (χ1) is 10.5. The Morgan fingerprint density at radius 1 is 1.27 bits per heavy atom. The first-order valence-corrected chi connectivity index (χ1v) is 8.09. The van der Waals surface area contributed by atoms with Gasteiger partial charge in [0.15, 0.2) is 5.78 Å². The van der Waals surface area contributed by atoms with Crippen molar-refractivity contribution in [1.82, 2.24) is 4.90 Å². The summed E-state index contributed by atoms with van der Waals surface area (Å²) in [6.45, 7) is 5.14. The summed E-state index contributed by atoms with van der Waals surface area (Å²) in [5.41, 5.74) is 1.88.